The Morgan fingerprint density at radius 2 is 1.88 bits per heavy atom. The molecule has 0 bridgehead atoms. The molecule has 33 heavy (non-hydrogen) atoms. The van der Waals surface area contributed by atoms with Crippen LogP contribution in [0.25, 0.3) is 34.7 Å². The third kappa shape index (κ3) is 4.03. The highest BCUT2D eigenvalue weighted by molar-refractivity contribution is 6.30. The van der Waals surface area contributed by atoms with Crippen molar-refractivity contribution in [1.29, 1.82) is 0 Å². The molecule has 0 spiro atoms. The van der Waals surface area contributed by atoms with Crippen LogP contribution in [0, 0.1) is 0 Å². The number of anilines is 1. The molecule has 4 aromatic rings. The van der Waals surface area contributed by atoms with E-state index >= 15 is 0 Å². The van der Waals surface area contributed by atoms with Crippen LogP contribution in [0.4, 0.5) is 5.69 Å². The van der Waals surface area contributed by atoms with Crippen LogP contribution in [0.15, 0.2) is 71.5 Å². The Morgan fingerprint density at radius 1 is 1.03 bits per heavy atom. The average Bonchev–Trinajstić information content (AvgIpc) is 3.35. The molecule has 0 atom stereocenters. The number of ether oxygens (including phenoxy) is 1. The van der Waals surface area contributed by atoms with Gasteiger partial charge in [0.15, 0.2) is 0 Å². The van der Waals surface area contributed by atoms with E-state index in [4.69, 9.17) is 20.8 Å². The Balaban J connectivity index is 1.64. The molecular weight excluding hydrogens is 436 g/mol. The van der Waals surface area contributed by atoms with E-state index in [1.807, 2.05) is 42.5 Å². The summed E-state index contributed by atoms with van der Waals surface area (Å²) in [5.74, 6) is 1.21. The quantitative estimate of drug-likeness (QED) is 0.344. The van der Waals surface area contributed by atoms with Crippen LogP contribution >= 0.6 is 11.6 Å². The van der Waals surface area contributed by atoms with Crippen LogP contribution in [-0.4, -0.2) is 18.0 Å². The summed E-state index contributed by atoms with van der Waals surface area (Å²) in [6, 6.07) is 17.7. The first kappa shape index (κ1) is 21.0. The van der Waals surface area contributed by atoms with Crippen molar-refractivity contribution in [2.75, 3.05) is 12.0 Å². The number of aromatic nitrogens is 1. The number of benzene rings is 3. The molecule has 0 saturated heterocycles. The summed E-state index contributed by atoms with van der Waals surface area (Å²) >= 11 is 6.21. The maximum Gasteiger partial charge on any atom is 0.226 e. The Labute approximate surface area is 196 Å². The number of nitrogens with zero attached hydrogens (tertiary/aromatic N) is 2. The van der Waals surface area contributed by atoms with E-state index in [1.165, 1.54) is 0 Å². The molecule has 0 unspecified atom stereocenters. The van der Waals surface area contributed by atoms with Gasteiger partial charge in [0.05, 0.1) is 25.5 Å². The monoisotopic (exact) mass is 456 g/mol. The normalized spacial score (nSPS) is 13.5. The fraction of sp³-hybridized carbons (Fsp3) is 0.111. The minimum atomic E-state index is -0.0323. The van der Waals surface area contributed by atoms with Gasteiger partial charge < -0.3 is 14.1 Å². The van der Waals surface area contributed by atoms with Gasteiger partial charge in [-0.3, -0.25) is 4.79 Å². The maximum absolute atomic E-state index is 12.6. The molecule has 5 nitrogen and oxygen atoms in total. The van der Waals surface area contributed by atoms with E-state index in [0.717, 1.165) is 44.8 Å². The number of methoxy groups -OCH3 is 1. The average molecular weight is 457 g/mol. The summed E-state index contributed by atoms with van der Waals surface area (Å²) in [4.78, 5) is 18.7. The number of rotatable bonds is 3. The largest absolute Gasteiger partial charge is 0.497 e. The van der Waals surface area contributed by atoms with E-state index in [9.17, 15) is 4.79 Å². The summed E-state index contributed by atoms with van der Waals surface area (Å²) in [5.41, 5.74) is 6.63. The molecular formula is C27H21ClN2O3. The molecule has 1 aromatic heterocycles. The van der Waals surface area contributed by atoms with Crippen molar-refractivity contribution >= 4 is 35.3 Å². The molecule has 5 rings (SSSR count). The molecule has 1 amide bonds. The van der Waals surface area contributed by atoms with E-state index in [0.29, 0.717) is 17.5 Å². The fourth-order valence-corrected chi connectivity index (χ4v) is 4.31. The topological polar surface area (TPSA) is 55.6 Å². The van der Waals surface area contributed by atoms with Crippen LogP contribution < -0.4 is 9.64 Å². The van der Waals surface area contributed by atoms with Crippen molar-refractivity contribution in [2.24, 2.45) is 0 Å². The van der Waals surface area contributed by atoms with Crippen molar-refractivity contribution in [2.45, 2.75) is 13.5 Å². The lowest BCUT2D eigenvalue weighted by molar-refractivity contribution is -0.116. The molecule has 3 aromatic carbocycles. The SMILES string of the molecule is COc1ccc(-c2ccc3c(c2)CN(C(C)=O)c2ccc(Cl)cc2/C=C\3)c(-c2ncco2)c1. The summed E-state index contributed by atoms with van der Waals surface area (Å²) in [6.07, 6.45) is 7.24. The van der Waals surface area contributed by atoms with Crippen LogP contribution in [0.3, 0.4) is 0 Å². The predicted molar refractivity (Wildman–Crippen MR) is 131 cm³/mol. The molecule has 0 fully saturated rings. The number of amides is 1. The Hall–Kier alpha value is -3.83. The van der Waals surface area contributed by atoms with Gasteiger partial charge in [-0.1, -0.05) is 35.9 Å². The molecule has 0 saturated carbocycles. The van der Waals surface area contributed by atoms with Crippen LogP contribution in [0.5, 0.6) is 5.75 Å². The van der Waals surface area contributed by atoms with Crippen molar-refractivity contribution in [3.63, 3.8) is 0 Å². The molecule has 1 aliphatic rings. The van der Waals surface area contributed by atoms with Gasteiger partial charge in [0.1, 0.15) is 12.0 Å². The van der Waals surface area contributed by atoms with Crippen LogP contribution in [-0.2, 0) is 11.3 Å². The number of carbonyl (C=O) groups excluding carboxylic acids is 1. The van der Waals surface area contributed by atoms with Crippen LogP contribution in [0.1, 0.15) is 23.6 Å². The van der Waals surface area contributed by atoms with Crippen LogP contribution in [0.2, 0.25) is 5.02 Å². The Kier molecular flexibility index (Phi) is 5.48. The number of hydrogen-bond donors (Lipinski definition) is 0. The van der Waals surface area contributed by atoms with Gasteiger partial charge in [-0.15, -0.1) is 0 Å². The van der Waals surface area contributed by atoms with Gasteiger partial charge in [-0.25, -0.2) is 4.98 Å². The number of oxazole rings is 1. The zero-order chi connectivity index (χ0) is 22.9. The third-order valence-electron chi connectivity index (χ3n) is 5.77. The summed E-state index contributed by atoms with van der Waals surface area (Å²) in [5, 5.41) is 0.636. The van der Waals surface area contributed by atoms with Gasteiger partial charge in [0, 0.05) is 17.5 Å². The van der Waals surface area contributed by atoms with Crippen molar-refractivity contribution in [1.82, 2.24) is 4.98 Å². The second kappa shape index (κ2) is 8.60. The lowest BCUT2D eigenvalue weighted by atomic mass is 9.93. The zero-order valence-electron chi connectivity index (χ0n) is 18.2. The lowest BCUT2D eigenvalue weighted by Crippen LogP contribution is -2.29. The molecule has 2 heterocycles. The van der Waals surface area contributed by atoms with Crippen molar-refractivity contribution in [3.05, 3.63) is 88.8 Å². The van der Waals surface area contributed by atoms with Gasteiger partial charge in [-0.05, 0) is 70.3 Å². The van der Waals surface area contributed by atoms with E-state index < -0.39 is 0 Å². The molecule has 0 aliphatic carbocycles. The summed E-state index contributed by atoms with van der Waals surface area (Å²) in [6.45, 7) is 2.03. The zero-order valence-corrected chi connectivity index (χ0v) is 19.0. The van der Waals surface area contributed by atoms with Crippen molar-refractivity contribution in [3.8, 4) is 28.3 Å². The first-order chi connectivity index (χ1) is 16.0. The Morgan fingerprint density at radius 3 is 2.64 bits per heavy atom. The number of halogens is 1. The number of fused-ring (bicyclic) bond motifs is 2. The highest BCUT2D eigenvalue weighted by Gasteiger charge is 2.20. The maximum atomic E-state index is 12.6. The summed E-state index contributed by atoms with van der Waals surface area (Å²) in [7, 11) is 1.63. The summed E-state index contributed by atoms with van der Waals surface area (Å²) < 4.78 is 11.0. The smallest absolute Gasteiger partial charge is 0.226 e. The van der Waals surface area contributed by atoms with Gasteiger partial charge >= 0.3 is 0 Å². The second-order valence-electron chi connectivity index (χ2n) is 7.80. The minimum absolute atomic E-state index is 0.0323. The van der Waals surface area contributed by atoms with E-state index in [-0.39, 0.29) is 5.91 Å². The fourth-order valence-electron chi connectivity index (χ4n) is 4.13. The van der Waals surface area contributed by atoms with Gasteiger partial charge in [-0.2, -0.15) is 0 Å². The first-order valence-corrected chi connectivity index (χ1v) is 10.9. The highest BCUT2D eigenvalue weighted by Crippen LogP contribution is 2.37. The number of hydrogen-bond acceptors (Lipinski definition) is 4. The third-order valence-corrected chi connectivity index (χ3v) is 6.01. The number of carbonyl (C=O) groups is 1. The van der Waals surface area contributed by atoms with Gasteiger partial charge in [0.2, 0.25) is 11.8 Å². The van der Waals surface area contributed by atoms with Crippen molar-refractivity contribution < 1.29 is 13.9 Å². The Bertz CT molecular complexity index is 1380. The highest BCUT2D eigenvalue weighted by atomic mass is 35.5. The van der Waals surface area contributed by atoms with Gasteiger partial charge in [0.25, 0.3) is 0 Å². The van der Waals surface area contributed by atoms with E-state index in [1.54, 1.807) is 31.4 Å². The molecule has 1 aliphatic heterocycles. The standard InChI is InChI=1S/C27H21ClN2O3/c1-17(31)30-16-21-13-19(5-3-18(21)4-6-20-14-22(28)7-10-26(20)30)24-9-8-23(32-2)15-25(24)27-29-11-12-33-27/h3-15H,16H2,1-2H3/b6-4-. The molecule has 0 radical (unpaired) electrons. The minimum Gasteiger partial charge on any atom is -0.497 e. The van der Waals surface area contributed by atoms with E-state index in [2.05, 4.69) is 29.3 Å². The molecule has 0 N–H and O–H groups in total. The second-order valence-corrected chi connectivity index (χ2v) is 8.24. The predicted octanol–water partition coefficient (Wildman–Crippen LogP) is 6.71. The molecule has 6 heteroatoms. The first-order valence-electron chi connectivity index (χ1n) is 10.5. The molecule has 164 valence electrons. The lowest BCUT2D eigenvalue weighted by Gasteiger charge is -2.26.